The molecule has 1 rings (SSSR count). The molecule has 17 heavy (non-hydrogen) atoms. The average molecular weight is 233 g/mol. The second-order valence-corrected chi connectivity index (χ2v) is 3.62. The fraction of sp³-hybridized carbons (Fsp3) is 0.231. The Morgan fingerprint density at radius 2 is 1.88 bits per heavy atom. The lowest BCUT2D eigenvalue weighted by Gasteiger charge is -2.16. The van der Waals surface area contributed by atoms with Crippen molar-refractivity contribution < 1.29 is 14.3 Å². The molecule has 0 heterocycles. The van der Waals surface area contributed by atoms with Crippen molar-refractivity contribution in [3.63, 3.8) is 0 Å². The van der Waals surface area contributed by atoms with Crippen LogP contribution >= 0.6 is 0 Å². The first-order valence-electron chi connectivity index (χ1n) is 5.15. The van der Waals surface area contributed by atoms with Crippen molar-refractivity contribution in [1.29, 1.82) is 0 Å². The number of esters is 1. The number of amides is 1. The van der Waals surface area contributed by atoms with Gasteiger partial charge in [-0.3, -0.25) is 4.79 Å². The lowest BCUT2D eigenvalue weighted by molar-refractivity contribution is -0.144. The van der Waals surface area contributed by atoms with Gasteiger partial charge in [-0.1, -0.05) is 36.9 Å². The quantitative estimate of drug-likeness (QED) is 0.634. The van der Waals surface area contributed by atoms with Gasteiger partial charge in [0, 0.05) is 5.57 Å². The summed E-state index contributed by atoms with van der Waals surface area (Å²) in [4.78, 5) is 23.1. The van der Waals surface area contributed by atoms with Crippen LogP contribution in [0.25, 0.3) is 0 Å². The van der Waals surface area contributed by atoms with Crippen LogP contribution in [0.3, 0.4) is 0 Å². The van der Waals surface area contributed by atoms with Crippen LogP contribution in [-0.2, 0) is 14.3 Å². The van der Waals surface area contributed by atoms with Crippen LogP contribution in [0.2, 0.25) is 0 Å². The molecule has 0 bridgehead atoms. The number of hydrogen-bond acceptors (Lipinski definition) is 3. The zero-order valence-corrected chi connectivity index (χ0v) is 9.90. The summed E-state index contributed by atoms with van der Waals surface area (Å²) in [5.41, 5.74) is 1.02. The van der Waals surface area contributed by atoms with Gasteiger partial charge >= 0.3 is 5.97 Å². The molecule has 0 saturated carbocycles. The number of rotatable bonds is 4. The normalized spacial score (nSPS) is 11.4. The number of nitrogens with one attached hydrogen (secondary N) is 1. The van der Waals surface area contributed by atoms with Crippen LogP contribution in [0.15, 0.2) is 42.5 Å². The second kappa shape index (κ2) is 5.84. The highest BCUT2D eigenvalue weighted by atomic mass is 16.5. The molecule has 0 saturated heterocycles. The molecule has 0 aliphatic rings. The third-order valence-corrected chi connectivity index (χ3v) is 2.23. The van der Waals surface area contributed by atoms with E-state index in [1.165, 1.54) is 7.11 Å². The van der Waals surface area contributed by atoms with Crippen molar-refractivity contribution in [2.24, 2.45) is 0 Å². The molecular weight excluding hydrogens is 218 g/mol. The summed E-state index contributed by atoms with van der Waals surface area (Å²) < 4.78 is 4.66. The molecule has 0 unspecified atom stereocenters. The largest absolute Gasteiger partial charge is 0.467 e. The van der Waals surface area contributed by atoms with Crippen LogP contribution < -0.4 is 5.32 Å². The van der Waals surface area contributed by atoms with E-state index in [-0.39, 0.29) is 5.91 Å². The van der Waals surface area contributed by atoms with Crippen molar-refractivity contribution in [2.75, 3.05) is 7.11 Å². The Balaban J connectivity index is 2.93. The summed E-state index contributed by atoms with van der Waals surface area (Å²) in [6, 6.07) is 8.11. The van der Waals surface area contributed by atoms with E-state index in [1.54, 1.807) is 31.2 Å². The number of methoxy groups -OCH3 is 1. The Labute approximate surface area is 100 Å². The average Bonchev–Trinajstić information content (AvgIpc) is 2.35. The fourth-order valence-corrected chi connectivity index (χ4v) is 1.30. The van der Waals surface area contributed by atoms with Gasteiger partial charge in [0.25, 0.3) is 0 Å². The Morgan fingerprint density at radius 3 is 2.35 bits per heavy atom. The fourth-order valence-electron chi connectivity index (χ4n) is 1.30. The molecule has 0 radical (unpaired) electrons. The third-order valence-electron chi connectivity index (χ3n) is 2.23. The van der Waals surface area contributed by atoms with E-state index in [4.69, 9.17) is 0 Å². The first-order chi connectivity index (χ1) is 8.06. The Morgan fingerprint density at radius 1 is 1.29 bits per heavy atom. The lowest BCUT2D eigenvalue weighted by Crippen LogP contribution is -2.34. The maximum Gasteiger partial charge on any atom is 0.333 e. The van der Waals surface area contributed by atoms with Gasteiger partial charge in [0.1, 0.15) is 0 Å². The first-order valence-corrected chi connectivity index (χ1v) is 5.15. The zero-order valence-electron chi connectivity index (χ0n) is 9.90. The molecule has 0 spiro atoms. The van der Waals surface area contributed by atoms with Gasteiger partial charge in [-0.05, 0) is 12.5 Å². The van der Waals surface area contributed by atoms with Gasteiger partial charge in [0.05, 0.1) is 7.11 Å². The predicted molar refractivity (Wildman–Crippen MR) is 64.2 cm³/mol. The number of carbonyl (C=O) groups is 2. The highest BCUT2D eigenvalue weighted by Crippen LogP contribution is 2.14. The summed E-state index contributed by atoms with van der Waals surface area (Å²) in [6.45, 7) is 5.10. The van der Waals surface area contributed by atoms with Crippen LogP contribution in [-0.4, -0.2) is 19.0 Å². The number of benzene rings is 1. The highest BCUT2D eigenvalue weighted by Gasteiger charge is 2.23. The van der Waals surface area contributed by atoms with E-state index < -0.39 is 12.0 Å². The molecular formula is C13H15NO3. The SMILES string of the molecule is C=C(C)C(=O)N[C@@H](C(=O)OC)c1ccccc1. The van der Waals surface area contributed by atoms with Gasteiger partial charge in [-0.25, -0.2) is 4.79 Å². The lowest BCUT2D eigenvalue weighted by atomic mass is 10.1. The van der Waals surface area contributed by atoms with Crippen LogP contribution in [0.4, 0.5) is 0 Å². The van der Waals surface area contributed by atoms with Crippen molar-refractivity contribution in [1.82, 2.24) is 5.32 Å². The van der Waals surface area contributed by atoms with E-state index >= 15 is 0 Å². The van der Waals surface area contributed by atoms with Gasteiger partial charge in [-0.2, -0.15) is 0 Å². The molecule has 0 aliphatic carbocycles. The molecule has 90 valence electrons. The molecule has 4 nitrogen and oxygen atoms in total. The highest BCUT2D eigenvalue weighted by molar-refractivity contribution is 5.95. The molecule has 1 amide bonds. The Kier molecular flexibility index (Phi) is 4.46. The number of ether oxygens (including phenoxy) is 1. The number of carbonyl (C=O) groups excluding carboxylic acids is 2. The van der Waals surface area contributed by atoms with E-state index in [0.29, 0.717) is 11.1 Å². The van der Waals surface area contributed by atoms with E-state index in [2.05, 4.69) is 16.6 Å². The van der Waals surface area contributed by atoms with E-state index in [9.17, 15) is 9.59 Å². The molecule has 1 aromatic carbocycles. The minimum absolute atomic E-state index is 0.342. The summed E-state index contributed by atoms with van der Waals surface area (Å²) in [6.07, 6.45) is 0. The Hall–Kier alpha value is -2.10. The molecule has 0 aromatic heterocycles. The summed E-state index contributed by atoms with van der Waals surface area (Å²) in [5.74, 6) is -0.880. The molecule has 1 N–H and O–H groups in total. The first kappa shape index (κ1) is 13.0. The molecule has 0 aliphatic heterocycles. The minimum atomic E-state index is -0.801. The van der Waals surface area contributed by atoms with Crippen molar-refractivity contribution >= 4 is 11.9 Å². The molecule has 4 heteroatoms. The van der Waals surface area contributed by atoms with Crippen molar-refractivity contribution in [3.05, 3.63) is 48.0 Å². The monoisotopic (exact) mass is 233 g/mol. The van der Waals surface area contributed by atoms with Crippen LogP contribution in [0.1, 0.15) is 18.5 Å². The van der Waals surface area contributed by atoms with Crippen LogP contribution in [0.5, 0.6) is 0 Å². The maximum absolute atomic E-state index is 11.6. The summed E-state index contributed by atoms with van der Waals surface area (Å²) in [7, 11) is 1.28. The van der Waals surface area contributed by atoms with E-state index in [1.807, 2.05) is 6.07 Å². The predicted octanol–water partition coefficient (Wildman–Crippen LogP) is 1.59. The number of hydrogen-bond donors (Lipinski definition) is 1. The standard InChI is InChI=1S/C13H15NO3/c1-9(2)12(15)14-11(13(16)17-3)10-7-5-4-6-8-10/h4-8,11H,1H2,2-3H3,(H,14,15)/t11-/m1/s1. The van der Waals surface area contributed by atoms with Crippen LogP contribution in [0, 0.1) is 0 Å². The third kappa shape index (κ3) is 3.45. The topological polar surface area (TPSA) is 55.4 Å². The summed E-state index contributed by atoms with van der Waals surface area (Å²) in [5, 5.41) is 2.57. The Bertz CT molecular complexity index is 426. The minimum Gasteiger partial charge on any atom is -0.467 e. The smallest absolute Gasteiger partial charge is 0.333 e. The van der Waals surface area contributed by atoms with E-state index in [0.717, 1.165) is 0 Å². The van der Waals surface area contributed by atoms with Crippen molar-refractivity contribution in [3.8, 4) is 0 Å². The van der Waals surface area contributed by atoms with Gasteiger partial charge in [0.2, 0.25) is 5.91 Å². The van der Waals surface area contributed by atoms with Gasteiger partial charge < -0.3 is 10.1 Å². The van der Waals surface area contributed by atoms with Gasteiger partial charge in [-0.15, -0.1) is 0 Å². The molecule has 1 aromatic rings. The summed E-state index contributed by atoms with van der Waals surface area (Å²) >= 11 is 0. The second-order valence-electron chi connectivity index (χ2n) is 3.62. The van der Waals surface area contributed by atoms with Crippen molar-refractivity contribution in [2.45, 2.75) is 13.0 Å². The molecule has 1 atom stereocenters. The molecule has 0 fully saturated rings. The van der Waals surface area contributed by atoms with Gasteiger partial charge in [0.15, 0.2) is 6.04 Å². The zero-order chi connectivity index (χ0) is 12.8. The maximum atomic E-state index is 11.6.